The van der Waals surface area contributed by atoms with Crippen LogP contribution in [0.3, 0.4) is 0 Å². The van der Waals surface area contributed by atoms with E-state index in [9.17, 15) is 23.7 Å². The van der Waals surface area contributed by atoms with Crippen LogP contribution in [-0.4, -0.2) is 117 Å². The first kappa shape index (κ1) is 52.4. The van der Waals surface area contributed by atoms with E-state index in [1.165, 1.54) is 24.3 Å². The third-order valence-electron chi connectivity index (χ3n) is 11.8. The molecule has 24 heteroatoms. The van der Waals surface area contributed by atoms with Crippen LogP contribution < -0.4 is 31.6 Å². The van der Waals surface area contributed by atoms with Crippen molar-refractivity contribution in [3.8, 4) is 11.5 Å². The molecule has 23 nitrogen and oxygen atoms in total. The van der Waals surface area contributed by atoms with Gasteiger partial charge in [0.2, 0.25) is 23.7 Å². The fourth-order valence-electron chi connectivity index (χ4n) is 8.86. The van der Waals surface area contributed by atoms with Gasteiger partial charge in [-0.2, -0.15) is 10.2 Å². The molecule has 0 radical (unpaired) electrons. The Morgan fingerprint density at radius 3 is 1.55 bits per heavy atom. The summed E-state index contributed by atoms with van der Waals surface area (Å²) in [5.41, 5.74) is 13.7. The van der Waals surface area contributed by atoms with Gasteiger partial charge in [-0.25, -0.2) is 14.5 Å². The number of phosphoric ester groups is 1. The number of phosphoric acid groups is 1. The molecule has 6 N–H and O–H groups in total. The number of aromatic nitrogens is 8. The Bertz CT molecular complexity index is 3000. The Labute approximate surface area is 422 Å². The van der Waals surface area contributed by atoms with Gasteiger partial charge in [0, 0.05) is 50.4 Å². The van der Waals surface area contributed by atoms with E-state index < -0.39 is 54.8 Å². The van der Waals surface area contributed by atoms with E-state index >= 15 is 0 Å². The molecule has 2 aliphatic heterocycles. The minimum absolute atomic E-state index is 0.0693. The molecule has 2 aromatic carbocycles. The number of hydrogen-bond acceptors (Lipinski definition) is 15. The lowest BCUT2D eigenvalue weighted by Crippen LogP contribution is -2.43. The fraction of sp³-hybridized carbons (Fsp3) is 0.469. The number of nitrogens with one attached hydrogen (secondary N) is 2. The lowest BCUT2D eigenvalue weighted by Gasteiger charge is -2.32. The number of anilines is 2. The van der Waals surface area contributed by atoms with Crippen molar-refractivity contribution in [2.75, 3.05) is 36.9 Å². The molecule has 0 spiro atoms. The number of primary amides is 2. The van der Waals surface area contributed by atoms with E-state index in [1.54, 1.807) is 86.0 Å². The average molecular weight is 1030 g/mol. The van der Waals surface area contributed by atoms with Crippen molar-refractivity contribution in [2.24, 2.45) is 11.5 Å². The largest absolute Gasteiger partial charge is 0.490 e. The van der Waals surface area contributed by atoms with E-state index in [0.717, 1.165) is 0 Å². The van der Waals surface area contributed by atoms with Crippen molar-refractivity contribution in [1.29, 1.82) is 0 Å². The molecule has 4 amide bonds. The van der Waals surface area contributed by atoms with Crippen LogP contribution in [-0.2, 0) is 44.3 Å². The Kier molecular flexibility index (Phi) is 14.7. The first-order chi connectivity index (χ1) is 34.4. The van der Waals surface area contributed by atoms with Crippen molar-refractivity contribution in [3.05, 3.63) is 82.5 Å². The van der Waals surface area contributed by atoms with Gasteiger partial charge >= 0.3 is 7.82 Å². The van der Waals surface area contributed by atoms with Crippen LogP contribution in [0.5, 0.6) is 11.5 Å². The zero-order valence-electron chi connectivity index (χ0n) is 42.8. The van der Waals surface area contributed by atoms with Crippen LogP contribution in [0.2, 0.25) is 0 Å². The summed E-state index contributed by atoms with van der Waals surface area (Å²) in [6, 6.07) is 8.88. The zero-order valence-corrected chi connectivity index (χ0v) is 43.7. The van der Waals surface area contributed by atoms with Gasteiger partial charge < -0.3 is 30.1 Å². The predicted molar refractivity (Wildman–Crippen MR) is 272 cm³/mol. The van der Waals surface area contributed by atoms with E-state index in [0.29, 0.717) is 70.9 Å². The summed E-state index contributed by atoms with van der Waals surface area (Å²) >= 11 is 0. The van der Waals surface area contributed by atoms with Crippen molar-refractivity contribution < 1.29 is 46.8 Å². The van der Waals surface area contributed by atoms with Crippen LogP contribution in [0.25, 0.3) is 22.1 Å². The highest BCUT2D eigenvalue weighted by molar-refractivity contribution is 7.48. The van der Waals surface area contributed by atoms with Crippen LogP contribution >= 0.6 is 7.82 Å². The number of hydrogen-bond donors (Lipinski definition) is 4. The molecule has 2 aliphatic rings. The first-order valence-electron chi connectivity index (χ1n) is 24.2. The molecule has 6 heterocycles. The van der Waals surface area contributed by atoms with Gasteiger partial charge in [0.15, 0.2) is 0 Å². The first-order valence-corrected chi connectivity index (χ1v) is 25.6. The van der Waals surface area contributed by atoms with E-state index in [2.05, 4.69) is 25.7 Å². The summed E-state index contributed by atoms with van der Waals surface area (Å²) in [7, 11) is -4.13. The number of allylic oxidation sites excluding steroid dienone is 2. The molecule has 6 aromatic rings. The van der Waals surface area contributed by atoms with E-state index in [1.807, 2.05) is 26.0 Å². The molecule has 0 aliphatic carbocycles. The number of aryl methyl sites for hydroxylation is 4. The Morgan fingerprint density at radius 1 is 0.712 bits per heavy atom. The molecule has 390 valence electrons. The summed E-state index contributed by atoms with van der Waals surface area (Å²) in [4.78, 5) is 65.5. The van der Waals surface area contributed by atoms with Crippen molar-refractivity contribution in [2.45, 2.75) is 125 Å². The van der Waals surface area contributed by atoms with Crippen molar-refractivity contribution >= 4 is 65.4 Å². The number of rotatable bonds is 13. The van der Waals surface area contributed by atoms with Crippen molar-refractivity contribution in [1.82, 2.24) is 43.6 Å². The third-order valence-corrected chi connectivity index (χ3v) is 13.9. The summed E-state index contributed by atoms with van der Waals surface area (Å²) in [6.07, 6.45) is 3.49. The van der Waals surface area contributed by atoms with Gasteiger partial charge in [0.25, 0.3) is 11.8 Å². The van der Waals surface area contributed by atoms with Gasteiger partial charge in [0.05, 0.1) is 45.8 Å². The maximum absolute atomic E-state index is 14.3. The monoisotopic (exact) mass is 1030 g/mol. The zero-order chi connectivity index (χ0) is 52.7. The number of ether oxygens (including phenoxy) is 2. The quantitative estimate of drug-likeness (QED) is 0.0723. The molecule has 73 heavy (non-hydrogen) atoms. The van der Waals surface area contributed by atoms with Gasteiger partial charge in [0.1, 0.15) is 47.1 Å². The number of carbonyl (C=O) groups is 4. The van der Waals surface area contributed by atoms with E-state index in [-0.39, 0.29) is 67.4 Å². The molecule has 1 fully saturated rings. The Hall–Kier alpha value is -6.91. The summed E-state index contributed by atoms with van der Waals surface area (Å²) in [6.45, 7) is 19.6. The maximum Gasteiger partial charge on any atom is 0.476 e. The fourth-order valence-corrected chi connectivity index (χ4v) is 10.9. The molecule has 1 atom stereocenters. The smallest absolute Gasteiger partial charge is 0.476 e. The molecule has 4 aromatic heterocycles. The van der Waals surface area contributed by atoms with Gasteiger partial charge in [-0.3, -0.25) is 57.6 Å². The standard InChI is InChI=1S/C49H64N13O10P/c1-11-61-36(19-28(3)56-61)44(65)54-46-52-34-21-30(42(50)63)23-38-40(34)59(46)16-13-14-17-60-41-35(53-47(60)55-45(66)37-20-29(4)57-62(37)12-2)22-31(43(51)64)24-39(41)69-27-32(26-68-38)58-18-15-33(25-58)70-73(67,71-48(5,6)7)72-49(8,9)10/h13-14,19-24,32-33H,11-12,15-18,25-27H2,1-10H3,(H2,50,63)(H2,51,64)(H,52,54,65)(H,53,55,66)/b14-13+/t33-/m0/s1. The average Bonchev–Trinajstić information content (AvgIpc) is 4.13. The molecular weight excluding hydrogens is 962 g/mol. The summed E-state index contributed by atoms with van der Waals surface area (Å²) in [5, 5.41) is 14.8. The summed E-state index contributed by atoms with van der Waals surface area (Å²) in [5.74, 6) is -1.64. The Morgan fingerprint density at radius 2 is 1.15 bits per heavy atom. The predicted octanol–water partition coefficient (Wildman–Crippen LogP) is 6.36. The van der Waals surface area contributed by atoms with Crippen LogP contribution in [0, 0.1) is 13.8 Å². The minimum Gasteiger partial charge on any atom is -0.490 e. The molecule has 0 saturated carbocycles. The number of nitrogens with two attached hydrogens (primary N) is 2. The van der Waals surface area contributed by atoms with Gasteiger partial charge in [-0.1, -0.05) is 12.2 Å². The molecular formula is C49H64N13O10P. The third kappa shape index (κ3) is 11.8. The minimum atomic E-state index is -4.13. The molecule has 0 bridgehead atoms. The number of carbonyl (C=O) groups excluding carboxylic acids is 4. The maximum atomic E-state index is 14.3. The number of nitrogens with zero attached hydrogens (tertiary/aromatic N) is 9. The number of imidazole rings is 2. The molecule has 0 unspecified atom stereocenters. The highest BCUT2D eigenvalue weighted by Crippen LogP contribution is 2.57. The molecule has 1 saturated heterocycles. The number of benzene rings is 2. The van der Waals surface area contributed by atoms with E-state index in [4.69, 9.17) is 44.5 Å². The second-order valence-electron chi connectivity index (χ2n) is 20.0. The van der Waals surface area contributed by atoms with Crippen LogP contribution in [0.4, 0.5) is 11.9 Å². The number of amides is 4. The second kappa shape index (κ2) is 20.5. The van der Waals surface area contributed by atoms with Crippen LogP contribution in [0.1, 0.15) is 115 Å². The number of likely N-dealkylation sites (tertiary alicyclic amines) is 1. The lowest BCUT2D eigenvalue weighted by atomic mass is 10.1. The highest BCUT2D eigenvalue weighted by atomic mass is 31.2. The Balaban J connectivity index is 1.25. The molecule has 8 rings (SSSR count). The highest BCUT2D eigenvalue weighted by Gasteiger charge is 2.42. The lowest BCUT2D eigenvalue weighted by molar-refractivity contribution is -0.0106. The topological polar surface area (TPSA) is 282 Å². The summed E-state index contributed by atoms with van der Waals surface area (Å²) < 4.78 is 52.7. The van der Waals surface area contributed by atoms with Gasteiger partial charge in [-0.05, 0) is 112 Å². The van der Waals surface area contributed by atoms with Crippen LogP contribution in [0.15, 0.2) is 48.6 Å². The normalized spacial score (nSPS) is 16.7. The van der Waals surface area contributed by atoms with Crippen molar-refractivity contribution in [3.63, 3.8) is 0 Å². The second-order valence-corrected chi connectivity index (χ2v) is 21.5. The van der Waals surface area contributed by atoms with Gasteiger partial charge in [-0.15, -0.1) is 0 Å². The SMILES string of the molecule is CCn1nc(C)cc1C(=O)Nc1nc2cc(C(N)=O)cc3c2n1C/C=C/Cn1c(NC(=O)c2cc(C)nn2CC)nc2cc(C(N)=O)cc(c21)OCC(N1CC[C@H](OP(=O)(OC(C)(C)C)OC(C)(C)C)C1)CO3.